The Kier molecular flexibility index (Phi) is 8.75. The second-order valence-electron chi connectivity index (χ2n) is 8.91. The number of carboxylic acids is 1. The Bertz CT molecular complexity index is 1020. The summed E-state index contributed by atoms with van der Waals surface area (Å²) < 4.78 is 5.80. The first kappa shape index (κ1) is 26.8. The van der Waals surface area contributed by atoms with Crippen LogP contribution >= 0.6 is 0 Å². The molecule has 1 saturated carbocycles. The zero-order chi connectivity index (χ0) is 26.4. The molecule has 12 nitrogen and oxygen atoms in total. The largest absolute Gasteiger partial charge is 0.481 e. The maximum atomic E-state index is 12.9. The van der Waals surface area contributed by atoms with Gasteiger partial charge in [-0.15, -0.1) is 0 Å². The highest BCUT2D eigenvalue weighted by molar-refractivity contribution is 6.21. The molecule has 0 aromatic heterocycles. The number of fused-ring (bicyclic) bond motifs is 1. The van der Waals surface area contributed by atoms with Gasteiger partial charge in [-0.05, 0) is 38.3 Å². The number of benzene rings is 1. The Balaban J connectivity index is 1.54. The molecule has 1 fully saturated rings. The van der Waals surface area contributed by atoms with Crippen molar-refractivity contribution in [2.24, 2.45) is 5.73 Å². The van der Waals surface area contributed by atoms with Crippen molar-refractivity contribution in [3.8, 4) is 0 Å². The molecule has 0 spiro atoms. The van der Waals surface area contributed by atoms with Gasteiger partial charge < -0.3 is 26.2 Å². The summed E-state index contributed by atoms with van der Waals surface area (Å²) >= 11 is 0. The van der Waals surface area contributed by atoms with E-state index in [1.807, 2.05) is 0 Å². The van der Waals surface area contributed by atoms with Gasteiger partial charge in [0.1, 0.15) is 18.7 Å². The molecule has 1 aliphatic carbocycles. The van der Waals surface area contributed by atoms with Gasteiger partial charge in [0.05, 0.1) is 23.3 Å². The average molecular weight is 503 g/mol. The van der Waals surface area contributed by atoms with E-state index in [0.29, 0.717) is 24.0 Å². The fourth-order valence-corrected chi connectivity index (χ4v) is 4.46. The van der Waals surface area contributed by atoms with Gasteiger partial charge in [-0.3, -0.25) is 33.7 Å². The van der Waals surface area contributed by atoms with Crippen LogP contribution in [0.25, 0.3) is 0 Å². The maximum absolute atomic E-state index is 12.9. The van der Waals surface area contributed by atoms with Gasteiger partial charge in [0, 0.05) is 6.42 Å². The van der Waals surface area contributed by atoms with Gasteiger partial charge in [0.15, 0.2) is 0 Å². The molecule has 0 radical (unpaired) electrons. The lowest BCUT2D eigenvalue weighted by Gasteiger charge is -2.36. The standard InChI is InChI=1S/C24H30N4O8/c1-13(22(33)27-16(21(25)32)10-11-20(30)31)26-19(29)12-36-18-9-5-4-8-17(18)28-23(34)14-6-2-3-7-15(14)24(28)35/h2-3,6-7,13,16-18H,4-5,8-12H2,1H3,(H2,25,32)(H,26,29)(H,27,33)(H,30,31)/t13-,16+,17+,18+/m0/s1. The minimum Gasteiger partial charge on any atom is -0.481 e. The summed E-state index contributed by atoms with van der Waals surface area (Å²) in [7, 11) is 0. The number of rotatable bonds is 11. The van der Waals surface area contributed by atoms with E-state index in [-0.39, 0.29) is 24.7 Å². The van der Waals surface area contributed by atoms with Crippen LogP contribution in [0, 0.1) is 0 Å². The first-order valence-electron chi connectivity index (χ1n) is 11.8. The average Bonchev–Trinajstić information content (AvgIpc) is 3.10. The summed E-state index contributed by atoms with van der Waals surface area (Å²) in [6, 6.07) is 3.86. The molecular formula is C24H30N4O8. The first-order chi connectivity index (χ1) is 17.1. The zero-order valence-corrected chi connectivity index (χ0v) is 19.9. The molecule has 36 heavy (non-hydrogen) atoms. The topological polar surface area (TPSA) is 185 Å². The molecule has 3 rings (SSSR count). The Morgan fingerprint density at radius 1 is 1.08 bits per heavy atom. The highest BCUT2D eigenvalue weighted by atomic mass is 16.5. The van der Waals surface area contributed by atoms with Gasteiger partial charge in [-0.2, -0.15) is 0 Å². The predicted octanol–water partition coefficient (Wildman–Crippen LogP) is -0.0500. The maximum Gasteiger partial charge on any atom is 0.303 e. The number of primary amides is 1. The number of carbonyl (C=O) groups excluding carboxylic acids is 5. The van der Waals surface area contributed by atoms with Crippen molar-refractivity contribution >= 4 is 35.5 Å². The van der Waals surface area contributed by atoms with Crippen LogP contribution in [0.5, 0.6) is 0 Å². The lowest BCUT2D eigenvalue weighted by Crippen LogP contribution is -2.53. The highest BCUT2D eigenvalue weighted by Gasteiger charge is 2.43. The molecule has 0 saturated heterocycles. The molecule has 2 aliphatic rings. The lowest BCUT2D eigenvalue weighted by atomic mass is 9.91. The van der Waals surface area contributed by atoms with Crippen LogP contribution in [0.3, 0.4) is 0 Å². The van der Waals surface area contributed by atoms with Crippen LogP contribution in [0.4, 0.5) is 0 Å². The molecule has 0 unspecified atom stereocenters. The zero-order valence-electron chi connectivity index (χ0n) is 19.9. The molecule has 5 amide bonds. The minimum atomic E-state index is -1.19. The third kappa shape index (κ3) is 6.25. The smallest absolute Gasteiger partial charge is 0.303 e. The summed E-state index contributed by atoms with van der Waals surface area (Å²) in [5.74, 6) is -4.10. The van der Waals surface area contributed by atoms with Crippen molar-refractivity contribution < 1.29 is 38.6 Å². The second-order valence-corrected chi connectivity index (χ2v) is 8.91. The van der Waals surface area contributed by atoms with Crippen LogP contribution < -0.4 is 16.4 Å². The molecule has 1 aromatic rings. The van der Waals surface area contributed by atoms with Gasteiger partial charge in [0.2, 0.25) is 17.7 Å². The van der Waals surface area contributed by atoms with Crippen molar-refractivity contribution in [3.63, 3.8) is 0 Å². The summed E-state index contributed by atoms with van der Waals surface area (Å²) in [6.07, 6.45) is 1.66. The van der Waals surface area contributed by atoms with E-state index < -0.39 is 54.5 Å². The van der Waals surface area contributed by atoms with Crippen molar-refractivity contribution in [1.82, 2.24) is 15.5 Å². The Hall–Kier alpha value is -3.80. The van der Waals surface area contributed by atoms with E-state index in [9.17, 15) is 28.8 Å². The van der Waals surface area contributed by atoms with E-state index in [4.69, 9.17) is 15.6 Å². The molecule has 1 aliphatic heterocycles. The van der Waals surface area contributed by atoms with Crippen LogP contribution in [0.1, 0.15) is 66.2 Å². The highest BCUT2D eigenvalue weighted by Crippen LogP contribution is 2.32. The molecular weight excluding hydrogens is 472 g/mol. The quantitative estimate of drug-likeness (QED) is 0.303. The van der Waals surface area contributed by atoms with Crippen molar-refractivity contribution in [1.29, 1.82) is 0 Å². The number of carbonyl (C=O) groups is 6. The summed E-state index contributed by atoms with van der Waals surface area (Å²) in [6.45, 7) is 0.991. The number of nitrogens with one attached hydrogen (secondary N) is 2. The number of hydrogen-bond acceptors (Lipinski definition) is 7. The second kappa shape index (κ2) is 11.8. The molecule has 5 N–H and O–H groups in total. The van der Waals surface area contributed by atoms with Gasteiger partial charge in [0.25, 0.3) is 11.8 Å². The molecule has 4 atom stereocenters. The molecule has 1 heterocycles. The fourth-order valence-electron chi connectivity index (χ4n) is 4.46. The Morgan fingerprint density at radius 3 is 2.28 bits per heavy atom. The Labute approximate surface area is 207 Å². The van der Waals surface area contributed by atoms with Crippen LogP contribution in [0.15, 0.2) is 24.3 Å². The molecule has 194 valence electrons. The van der Waals surface area contributed by atoms with Crippen molar-refractivity contribution in [3.05, 3.63) is 35.4 Å². The summed E-state index contributed by atoms with van der Waals surface area (Å²) in [4.78, 5) is 74.0. The summed E-state index contributed by atoms with van der Waals surface area (Å²) in [5, 5.41) is 13.5. The van der Waals surface area contributed by atoms with Gasteiger partial charge in [-0.25, -0.2) is 0 Å². The number of nitrogens with zero attached hydrogens (tertiary/aromatic N) is 1. The summed E-state index contributed by atoms with van der Waals surface area (Å²) in [5.41, 5.74) is 5.91. The number of amides is 5. The number of aliphatic carboxylic acids is 1. The monoisotopic (exact) mass is 502 g/mol. The molecule has 12 heteroatoms. The van der Waals surface area contributed by atoms with Crippen molar-refractivity contribution in [2.45, 2.75) is 69.7 Å². The Morgan fingerprint density at radius 2 is 1.69 bits per heavy atom. The third-order valence-corrected chi connectivity index (χ3v) is 6.33. The third-order valence-electron chi connectivity index (χ3n) is 6.33. The van der Waals surface area contributed by atoms with Crippen LogP contribution in [-0.2, 0) is 23.9 Å². The van der Waals surface area contributed by atoms with Crippen LogP contribution in [0.2, 0.25) is 0 Å². The van der Waals surface area contributed by atoms with Crippen molar-refractivity contribution in [2.75, 3.05) is 6.61 Å². The normalized spacial score (nSPS) is 20.9. The molecule has 0 bridgehead atoms. The van der Waals surface area contributed by atoms with Crippen LogP contribution in [-0.4, -0.2) is 76.3 Å². The van der Waals surface area contributed by atoms with E-state index >= 15 is 0 Å². The fraction of sp³-hybridized carbons (Fsp3) is 0.500. The minimum absolute atomic E-state index is 0.180. The SMILES string of the molecule is C[C@H](NC(=O)CO[C@@H]1CCCC[C@H]1N1C(=O)c2ccccc2C1=O)C(=O)N[C@H](CCC(=O)O)C(N)=O. The lowest BCUT2D eigenvalue weighted by molar-refractivity contribution is -0.138. The van der Waals surface area contributed by atoms with E-state index in [1.54, 1.807) is 24.3 Å². The van der Waals surface area contributed by atoms with E-state index in [1.165, 1.54) is 11.8 Å². The predicted molar refractivity (Wildman–Crippen MR) is 125 cm³/mol. The van der Waals surface area contributed by atoms with E-state index in [0.717, 1.165) is 12.8 Å². The first-order valence-corrected chi connectivity index (χ1v) is 11.8. The molecule has 1 aromatic carbocycles. The van der Waals surface area contributed by atoms with Gasteiger partial charge >= 0.3 is 5.97 Å². The van der Waals surface area contributed by atoms with E-state index in [2.05, 4.69) is 10.6 Å². The number of nitrogens with two attached hydrogens (primary N) is 1. The number of carboxylic acid groups (broad SMARTS) is 1. The van der Waals surface area contributed by atoms with Gasteiger partial charge in [-0.1, -0.05) is 25.0 Å². The number of hydrogen-bond donors (Lipinski definition) is 4. The number of imide groups is 1. The number of ether oxygens (including phenoxy) is 1.